The monoisotopic (exact) mass is 232 g/mol. The van der Waals surface area contributed by atoms with Gasteiger partial charge in [-0.05, 0) is 0 Å². The summed E-state index contributed by atoms with van der Waals surface area (Å²) in [6.07, 6.45) is -3.49. The molecule has 3 N–H and O–H groups in total. The van der Waals surface area contributed by atoms with Gasteiger partial charge in [0.05, 0.1) is 24.8 Å². The summed E-state index contributed by atoms with van der Waals surface area (Å²) in [7, 11) is 1.20. The van der Waals surface area contributed by atoms with Crippen molar-refractivity contribution in [3.8, 4) is 5.75 Å². The molecular formula is C9H10F2N2O3. The Morgan fingerprint density at radius 1 is 1.69 bits per heavy atom. The summed E-state index contributed by atoms with van der Waals surface area (Å²) in [5.41, 5.74) is 4.54. The molecule has 88 valence electrons. The first-order chi connectivity index (χ1) is 7.45. The number of nitrogen functional groups attached to an aromatic ring is 1. The molecule has 0 amide bonds. The van der Waals surface area contributed by atoms with E-state index in [4.69, 9.17) is 15.6 Å². The number of nitrogens with two attached hydrogens (primary N) is 1. The Bertz CT molecular complexity index is 410. The Kier molecular flexibility index (Phi) is 3.60. The normalized spacial score (nSPS) is 10.5. The molecule has 0 atom stereocenters. The third-order valence-electron chi connectivity index (χ3n) is 1.88. The summed E-state index contributed by atoms with van der Waals surface area (Å²) in [5, 5.41) is 8.56. The number of methoxy groups -OCH3 is 1. The van der Waals surface area contributed by atoms with E-state index in [0.717, 1.165) is 6.07 Å². The number of halogens is 2. The maximum atomic E-state index is 12.7. The van der Waals surface area contributed by atoms with Gasteiger partial charge in [0.15, 0.2) is 0 Å². The molecule has 0 fully saturated rings. The van der Waals surface area contributed by atoms with Gasteiger partial charge in [-0.3, -0.25) is 4.79 Å². The molecule has 0 aliphatic rings. The smallest absolute Gasteiger partial charge is 0.309 e. The summed E-state index contributed by atoms with van der Waals surface area (Å²) in [4.78, 5) is 14.1. The average molecular weight is 232 g/mol. The van der Waals surface area contributed by atoms with E-state index in [1.165, 1.54) is 7.11 Å². The van der Waals surface area contributed by atoms with Crippen LogP contribution in [0.5, 0.6) is 5.75 Å². The van der Waals surface area contributed by atoms with Crippen LogP contribution in [0.4, 0.5) is 14.6 Å². The van der Waals surface area contributed by atoms with Gasteiger partial charge in [0.25, 0.3) is 6.43 Å². The van der Waals surface area contributed by atoms with Gasteiger partial charge in [0.2, 0.25) is 0 Å². The number of hydrogen-bond donors (Lipinski definition) is 2. The van der Waals surface area contributed by atoms with Gasteiger partial charge in [-0.2, -0.15) is 0 Å². The van der Waals surface area contributed by atoms with Crippen molar-refractivity contribution in [1.29, 1.82) is 0 Å². The maximum absolute atomic E-state index is 12.7. The van der Waals surface area contributed by atoms with Crippen molar-refractivity contribution in [2.45, 2.75) is 12.8 Å². The Labute approximate surface area is 89.9 Å². The predicted molar refractivity (Wildman–Crippen MR) is 51.5 cm³/mol. The first-order valence-corrected chi connectivity index (χ1v) is 4.29. The van der Waals surface area contributed by atoms with Crippen LogP contribution in [0.1, 0.15) is 17.7 Å². The van der Waals surface area contributed by atoms with Crippen LogP contribution in [0, 0.1) is 0 Å². The first kappa shape index (κ1) is 12.2. The van der Waals surface area contributed by atoms with E-state index in [1.54, 1.807) is 0 Å². The lowest BCUT2D eigenvalue weighted by Crippen LogP contribution is -2.10. The van der Waals surface area contributed by atoms with E-state index in [9.17, 15) is 13.6 Å². The number of pyridine rings is 1. The van der Waals surface area contributed by atoms with E-state index in [1.807, 2.05) is 0 Å². The van der Waals surface area contributed by atoms with E-state index in [-0.39, 0.29) is 17.3 Å². The van der Waals surface area contributed by atoms with E-state index >= 15 is 0 Å². The molecule has 1 rings (SSSR count). The van der Waals surface area contributed by atoms with Gasteiger partial charge in [-0.1, -0.05) is 0 Å². The first-order valence-electron chi connectivity index (χ1n) is 4.29. The van der Waals surface area contributed by atoms with Gasteiger partial charge >= 0.3 is 5.97 Å². The topological polar surface area (TPSA) is 85.4 Å². The zero-order valence-corrected chi connectivity index (χ0v) is 8.41. The standard InChI is InChI=1S/C9H10F2N2O3/c1-16-5-3-6(12)13-4(2-7(14)15)8(5)9(10)11/h3,9H,2H2,1H3,(H2,12,13)(H,14,15). The maximum Gasteiger partial charge on any atom is 0.309 e. The number of rotatable bonds is 4. The average Bonchev–Trinajstić information content (AvgIpc) is 2.14. The van der Waals surface area contributed by atoms with Crippen LogP contribution >= 0.6 is 0 Å². The van der Waals surface area contributed by atoms with Crippen molar-refractivity contribution in [1.82, 2.24) is 4.98 Å². The van der Waals surface area contributed by atoms with Crippen LogP contribution in [-0.4, -0.2) is 23.2 Å². The fourth-order valence-corrected chi connectivity index (χ4v) is 1.28. The lowest BCUT2D eigenvalue weighted by atomic mass is 10.1. The molecule has 7 heteroatoms. The number of carboxylic acids is 1. The third-order valence-corrected chi connectivity index (χ3v) is 1.88. The quantitative estimate of drug-likeness (QED) is 0.815. The minimum absolute atomic E-state index is 0.0579. The molecule has 0 spiro atoms. The molecule has 0 saturated heterocycles. The van der Waals surface area contributed by atoms with Crippen LogP contribution < -0.4 is 10.5 Å². The van der Waals surface area contributed by atoms with E-state index < -0.39 is 24.4 Å². The van der Waals surface area contributed by atoms with Gasteiger partial charge in [0, 0.05) is 6.07 Å². The van der Waals surface area contributed by atoms with Crippen LogP contribution in [0.25, 0.3) is 0 Å². The molecule has 0 aliphatic carbocycles. The zero-order valence-electron chi connectivity index (χ0n) is 8.41. The van der Waals surface area contributed by atoms with Crippen LogP contribution in [0.3, 0.4) is 0 Å². The summed E-state index contributed by atoms with van der Waals surface area (Å²) in [6, 6.07) is 1.13. The predicted octanol–water partition coefficient (Wildman–Crippen LogP) is 1.24. The van der Waals surface area contributed by atoms with Crippen LogP contribution in [0.2, 0.25) is 0 Å². The second-order valence-corrected chi connectivity index (χ2v) is 2.98. The number of aromatic nitrogens is 1. The minimum Gasteiger partial charge on any atom is -0.496 e. The van der Waals surface area contributed by atoms with Crippen molar-refractivity contribution in [3.05, 3.63) is 17.3 Å². The van der Waals surface area contributed by atoms with Crippen molar-refractivity contribution >= 4 is 11.8 Å². The van der Waals surface area contributed by atoms with Gasteiger partial charge < -0.3 is 15.6 Å². The zero-order chi connectivity index (χ0) is 12.3. The fraction of sp³-hybridized carbons (Fsp3) is 0.333. The minimum atomic E-state index is -2.86. The molecule has 1 aromatic heterocycles. The number of aliphatic carboxylic acids is 1. The highest BCUT2D eigenvalue weighted by atomic mass is 19.3. The molecule has 5 nitrogen and oxygen atoms in total. The molecule has 0 aromatic carbocycles. The van der Waals surface area contributed by atoms with E-state index in [2.05, 4.69) is 4.98 Å². The fourth-order valence-electron chi connectivity index (χ4n) is 1.28. The number of nitrogens with zero attached hydrogens (tertiary/aromatic N) is 1. The van der Waals surface area contributed by atoms with Crippen LogP contribution in [0.15, 0.2) is 6.07 Å². The van der Waals surface area contributed by atoms with Gasteiger partial charge in [-0.25, -0.2) is 13.8 Å². The Balaban J connectivity index is 3.32. The number of ether oxygens (including phenoxy) is 1. The second-order valence-electron chi connectivity index (χ2n) is 2.98. The SMILES string of the molecule is COc1cc(N)nc(CC(=O)O)c1C(F)F. The molecular weight excluding hydrogens is 222 g/mol. The van der Waals surface area contributed by atoms with Crippen molar-refractivity contribution in [2.75, 3.05) is 12.8 Å². The Morgan fingerprint density at radius 2 is 2.31 bits per heavy atom. The lowest BCUT2D eigenvalue weighted by molar-refractivity contribution is -0.136. The molecule has 0 bridgehead atoms. The van der Waals surface area contributed by atoms with Gasteiger partial charge in [0.1, 0.15) is 11.6 Å². The highest BCUT2D eigenvalue weighted by molar-refractivity contribution is 5.71. The molecule has 0 saturated carbocycles. The largest absolute Gasteiger partial charge is 0.496 e. The summed E-state index contributed by atoms with van der Waals surface area (Å²) in [5.74, 6) is -1.47. The van der Waals surface area contributed by atoms with Crippen LogP contribution in [-0.2, 0) is 11.2 Å². The number of carbonyl (C=O) groups is 1. The molecule has 0 aliphatic heterocycles. The Morgan fingerprint density at radius 3 is 2.75 bits per heavy atom. The van der Waals surface area contributed by atoms with Crippen molar-refractivity contribution in [2.24, 2.45) is 0 Å². The number of carboxylic acid groups (broad SMARTS) is 1. The molecule has 16 heavy (non-hydrogen) atoms. The second kappa shape index (κ2) is 4.73. The summed E-state index contributed by atoms with van der Waals surface area (Å²) in [6.45, 7) is 0. The lowest BCUT2D eigenvalue weighted by Gasteiger charge is -2.12. The number of hydrogen-bond acceptors (Lipinski definition) is 4. The van der Waals surface area contributed by atoms with Crippen molar-refractivity contribution < 1.29 is 23.4 Å². The number of anilines is 1. The number of alkyl halides is 2. The molecule has 1 aromatic rings. The highest BCUT2D eigenvalue weighted by Crippen LogP contribution is 2.32. The molecule has 0 unspecified atom stereocenters. The molecule has 1 heterocycles. The van der Waals surface area contributed by atoms with Crippen molar-refractivity contribution in [3.63, 3.8) is 0 Å². The Hall–Kier alpha value is -1.92. The summed E-state index contributed by atoms with van der Waals surface area (Å²) < 4.78 is 30.1. The third kappa shape index (κ3) is 2.56. The molecule has 0 radical (unpaired) electrons. The van der Waals surface area contributed by atoms with Gasteiger partial charge in [-0.15, -0.1) is 0 Å². The van der Waals surface area contributed by atoms with E-state index in [0.29, 0.717) is 0 Å². The summed E-state index contributed by atoms with van der Waals surface area (Å²) >= 11 is 0. The highest BCUT2D eigenvalue weighted by Gasteiger charge is 2.22.